The Morgan fingerprint density at radius 3 is 2.24 bits per heavy atom. The van der Waals surface area contributed by atoms with E-state index in [1.54, 1.807) is 0 Å². The minimum atomic E-state index is 0.0817. The normalized spacial score (nSPS) is 12.5. The monoisotopic (exact) mass is 557 g/mol. The summed E-state index contributed by atoms with van der Waals surface area (Å²) < 4.78 is 13.2. The molecule has 4 aromatic carbocycles. The van der Waals surface area contributed by atoms with E-state index in [1.165, 1.54) is 42.3 Å². The largest absolute Gasteiger partial charge is 0.452 e. The molecule has 42 heavy (non-hydrogen) atoms. The number of anilines is 1. The summed E-state index contributed by atoms with van der Waals surface area (Å²) in [5, 5.41) is 4.51. The number of benzene rings is 4. The molecule has 5 heteroatoms. The molecular formula is C37H39N3O2. The van der Waals surface area contributed by atoms with Crippen molar-refractivity contribution in [1.82, 2.24) is 9.97 Å². The number of furan rings is 1. The van der Waals surface area contributed by atoms with Gasteiger partial charge in [-0.15, -0.1) is 0 Å². The number of oxazole rings is 1. The molecule has 0 aliphatic rings. The van der Waals surface area contributed by atoms with Crippen molar-refractivity contribution >= 4 is 60.5 Å². The van der Waals surface area contributed by atoms with Crippen LogP contribution in [0.2, 0.25) is 0 Å². The Balaban J connectivity index is 1.49. The van der Waals surface area contributed by atoms with Gasteiger partial charge in [0.1, 0.15) is 11.1 Å². The molecule has 0 bridgehead atoms. The van der Waals surface area contributed by atoms with Crippen LogP contribution in [0.5, 0.6) is 0 Å². The second-order valence-electron chi connectivity index (χ2n) is 12.6. The van der Waals surface area contributed by atoms with E-state index >= 15 is 0 Å². The van der Waals surface area contributed by atoms with E-state index in [2.05, 4.69) is 111 Å². The summed E-state index contributed by atoms with van der Waals surface area (Å²) in [4.78, 5) is 11.3. The molecule has 0 saturated carbocycles. The van der Waals surface area contributed by atoms with Crippen molar-refractivity contribution in [2.24, 2.45) is 0 Å². The maximum atomic E-state index is 6.64. The van der Waals surface area contributed by atoms with E-state index in [-0.39, 0.29) is 5.41 Å². The van der Waals surface area contributed by atoms with Crippen LogP contribution in [0.1, 0.15) is 65.9 Å². The number of para-hydroxylation sites is 1. The van der Waals surface area contributed by atoms with Crippen molar-refractivity contribution in [1.29, 1.82) is 0 Å². The third kappa shape index (κ3) is 4.34. The molecule has 7 rings (SSSR count). The van der Waals surface area contributed by atoms with E-state index in [0.29, 0.717) is 11.5 Å². The Morgan fingerprint density at radius 2 is 1.52 bits per heavy atom. The summed E-state index contributed by atoms with van der Waals surface area (Å²) in [6.45, 7) is 13.3. The molecule has 0 fully saturated rings. The molecule has 0 aliphatic carbocycles. The summed E-state index contributed by atoms with van der Waals surface area (Å²) in [6.07, 6.45) is 4.72. The van der Waals surface area contributed by atoms with Gasteiger partial charge in [-0.05, 0) is 60.2 Å². The fraction of sp³-hybridized carbons (Fsp3) is 0.324. The first-order valence-corrected chi connectivity index (χ1v) is 15.4. The first-order valence-electron chi connectivity index (χ1n) is 15.4. The molecule has 0 spiro atoms. The number of hydrogen-bond acceptors (Lipinski definition) is 4. The number of unbranched alkanes of at least 4 members (excludes halogenated alkanes) is 2. The summed E-state index contributed by atoms with van der Waals surface area (Å²) in [5.74, 6) is 0.601. The van der Waals surface area contributed by atoms with Gasteiger partial charge in [-0.3, -0.25) is 0 Å². The van der Waals surface area contributed by atoms with Crippen LogP contribution < -0.4 is 4.90 Å². The van der Waals surface area contributed by atoms with Gasteiger partial charge in [-0.1, -0.05) is 77.8 Å². The van der Waals surface area contributed by atoms with Crippen molar-refractivity contribution in [3.63, 3.8) is 0 Å². The second-order valence-corrected chi connectivity index (χ2v) is 12.6. The highest BCUT2D eigenvalue weighted by atomic mass is 16.4. The fourth-order valence-electron chi connectivity index (χ4n) is 6.22. The Kier molecular flexibility index (Phi) is 6.49. The lowest BCUT2D eigenvalue weighted by molar-refractivity contribution is 0.589. The molecule has 7 aromatic rings. The molecule has 0 unspecified atom stereocenters. The number of H-pyrrole nitrogens is 1. The number of fused-ring (bicyclic) bond motifs is 10. The lowest BCUT2D eigenvalue weighted by Crippen LogP contribution is -2.25. The standard InChI is InChI=1S/C37H39N3O2/c1-6-8-20-40(21-9-7-2)25-18-19-29-27(22-25)31-30-26-12-10-11-13-28(26)38-32(30)33-35(34(31)41-29)42-36(39-33)23-14-16-24(17-15-23)37(3,4)5/h10-19,22,38H,6-9,20-21H2,1-5H3. The van der Waals surface area contributed by atoms with E-state index in [0.717, 1.165) is 62.5 Å². The lowest BCUT2D eigenvalue weighted by Gasteiger charge is -2.24. The highest BCUT2D eigenvalue weighted by Crippen LogP contribution is 2.45. The maximum Gasteiger partial charge on any atom is 0.227 e. The Hall–Kier alpha value is -4.25. The van der Waals surface area contributed by atoms with Gasteiger partial charge in [0.2, 0.25) is 11.5 Å². The van der Waals surface area contributed by atoms with Crippen molar-refractivity contribution in [3.8, 4) is 11.5 Å². The molecule has 3 heterocycles. The minimum Gasteiger partial charge on any atom is -0.452 e. The zero-order valence-electron chi connectivity index (χ0n) is 25.3. The van der Waals surface area contributed by atoms with E-state index in [1.807, 2.05) is 0 Å². The quantitative estimate of drug-likeness (QED) is 0.202. The van der Waals surface area contributed by atoms with Gasteiger partial charge < -0.3 is 18.7 Å². The predicted octanol–water partition coefficient (Wildman–Crippen LogP) is 10.7. The zero-order valence-corrected chi connectivity index (χ0v) is 25.3. The Labute approximate surface area is 246 Å². The second kappa shape index (κ2) is 10.2. The third-order valence-electron chi connectivity index (χ3n) is 8.62. The van der Waals surface area contributed by atoms with Gasteiger partial charge in [0.25, 0.3) is 0 Å². The molecule has 0 radical (unpaired) electrons. The highest BCUT2D eigenvalue weighted by Gasteiger charge is 2.24. The number of aromatic amines is 1. The fourth-order valence-corrected chi connectivity index (χ4v) is 6.22. The summed E-state index contributed by atoms with van der Waals surface area (Å²) in [7, 11) is 0. The van der Waals surface area contributed by atoms with Crippen LogP contribution in [0.3, 0.4) is 0 Å². The van der Waals surface area contributed by atoms with Crippen molar-refractivity contribution < 1.29 is 8.83 Å². The average Bonchev–Trinajstić information content (AvgIpc) is 3.70. The minimum absolute atomic E-state index is 0.0817. The number of rotatable bonds is 8. The SMILES string of the molecule is CCCCN(CCCC)c1ccc2oc3c4oc(-c5ccc(C(C)(C)C)cc5)nc4c4[nH]c5ccccc5c4c3c2c1. The van der Waals surface area contributed by atoms with Gasteiger partial charge in [-0.25, -0.2) is 4.98 Å². The van der Waals surface area contributed by atoms with Crippen LogP contribution >= 0.6 is 0 Å². The van der Waals surface area contributed by atoms with Crippen LogP contribution in [-0.2, 0) is 5.41 Å². The number of aromatic nitrogens is 2. The topological polar surface area (TPSA) is 58.2 Å². The van der Waals surface area contributed by atoms with Gasteiger partial charge >= 0.3 is 0 Å². The summed E-state index contributed by atoms with van der Waals surface area (Å²) in [5.41, 5.74) is 8.75. The molecule has 0 aliphatic heterocycles. The molecule has 0 saturated heterocycles. The number of hydrogen-bond donors (Lipinski definition) is 1. The van der Waals surface area contributed by atoms with Crippen LogP contribution in [-0.4, -0.2) is 23.1 Å². The summed E-state index contributed by atoms with van der Waals surface area (Å²) in [6, 6.07) is 23.7. The first-order chi connectivity index (χ1) is 20.4. The van der Waals surface area contributed by atoms with E-state index in [9.17, 15) is 0 Å². The number of nitrogens with zero attached hydrogens (tertiary/aromatic N) is 2. The summed E-state index contributed by atoms with van der Waals surface area (Å²) >= 11 is 0. The van der Waals surface area contributed by atoms with Gasteiger partial charge in [0.15, 0.2) is 5.58 Å². The van der Waals surface area contributed by atoms with Gasteiger partial charge in [-0.2, -0.15) is 0 Å². The molecule has 0 atom stereocenters. The maximum absolute atomic E-state index is 6.64. The van der Waals surface area contributed by atoms with Crippen LogP contribution in [0.4, 0.5) is 5.69 Å². The highest BCUT2D eigenvalue weighted by molar-refractivity contribution is 6.34. The molecular weight excluding hydrogens is 518 g/mol. The van der Waals surface area contributed by atoms with Gasteiger partial charge in [0.05, 0.1) is 5.52 Å². The predicted molar refractivity (Wildman–Crippen MR) is 177 cm³/mol. The third-order valence-corrected chi connectivity index (χ3v) is 8.62. The molecule has 214 valence electrons. The molecule has 1 N–H and O–H groups in total. The zero-order chi connectivity index (χ0) is 29.0. The van der Waals surface area contributed by atoms with Crippen molar-refractivity contribution in [2.45, 2.75) is 65.7 Å². The number of nitrogens with one attached hydrogen (secondary N) is 1. The van der Waals surface area contributed by atoms with Crippen LogP contribution in [0.15, 0.2) is 75.6 Å². The first kappa shape index (κ1) is 26.6. The smallest absolute Gasteiger partial charge is 0.227 e. The molecule has 5 nitrogen and oxygen atoms in total. The van der Waals surface area contributed by atoms with E-state index < -0.39 is 0 Å². The Morgan fingerprint density at radius 1 is 0.786 bits per heavy atom. The van der Waals surface area contributed by atoms with Crippen LogP contribution in [0.25, 0.3) is 66.3 Å². The van der Waals surface area contributed by atoms with Crippen molar-refractivity contribution in [3.05, 3.63) is 72.3 Å². The average molecular weight is 558 g/mol. The van der Waals surface area contributed by atoms with Crippen LogP contribution in [0, 0.1) is 0 Å². The van der Waals surface area contributed by atoms with E-state index in [4.69, 9.17) is 13.8 Å². The Bertz CT molecular complexity index is 2040. The molecule has 0 amide bonds. The van der Waals surface area contributed by atoms with Gasteiger partial charge in [0, 0.05) is 51.4 Å². The molecule has 3 aromatic heterocycles. The lowest BCUT2D eigenvalue weighted by atomic mass is 9.87. The van der Waals surface area contributed by atoms with Crippen molar-refractivity contribution in [2.75, 3.05) is 18.0 Å².